The van der Waals surface area contributed by atoms with Gasteiger partial charge in [-0.25, -0.2) is 0 Å². The molecule has 0 saturated heterocycles. The van der Waals surface area contributed by atoms with Gasteiger partial charge < -0.3 is 9.13 Å². The van der Waals surface area contributed by atoms with Crippen molar-refractivity contribution in [3.63, 3.8) is 0 Å². The molecule has 0 N–H and O–H groups in total. The van der Waals surface area contributed by atoms with Gasteiger partial charge in [0.05, 0.1) is 22.6 Å². The maximum absolute atomic E-state index is 2.55. The second kappa shape index (κ2) is 12.5. The van der Waals surface area contributed by atoms with Crippen LogP contribution in [0.15, 0.2) is 188 Å². The van der Waals surface area contributed by atoms with Crippen molar-refractivity contribution >= 4 is 75.1 Å². The number of thiophene rings is 1. The molecule has 3 heterocycles. The Morgan fingerprint density at radius 1 is 0.500 bits per heavy atom. The summed E-state index contributed by atoms with van der Waals surface area (Å²) in [6.07, 6.45) is 9.98. The normalized spacial score (nSPS) is 15.6. The number of benzene rings is 8. The molecule has 11 aromatic rings. The van der Waals surface area contributed by atoms with Crippen LogP contribution in [0.1, 0.15) is 37.4 Å². The molecule has 2 nitrogen and oxygen atoms in total. The molecule has 3 heteroatoms. The second-order valence-electron chi connectivity index (χ2n) is 17.2. The molecule has 284 valence electrons. The van der Waals surface area contributed by atoms with Gasteiger partial charge in [-0.2, -0.15) is 0 Å². The predicted molar refractivity (Wildman–Crippen MR) is 257 cm³/mol. The van der Waals surface area contributed by atoms with E-state index >= 15 is 0 Å². The average molecular weight is 785 g/mol. The molecule has 3 aromatic heterocycles. The van der Waals surface area contributed by atoms with E-state index in [0.29, 0.717) is 0 Å². The predicted octanol–water partition coefficient (Wildman–Crippen LogP) is 16.0. The standard InChI is InChI=1S/C57H40N2S/c1-57(2)48-22-10-6-17-40(48)41-29-27-35(31-49(41)57)46-33-38(34-47-44-19-9-13-26-54(44)60-56(46)47)59-51-24-12-8-20-45(51)55-39(21-14-25-52(55)59)36-28-30-43-42-18-7-11-23-50(42)58(53(43)32-36)37-15-4-3-5-16-37/h3-15,17-34,37H,16H2,1-2H3. The van der Waals surface area contributed by atoms with Crippen molar-refractivity contribution in [3.05, 3.63) is 199 Å². The number of hydrogen-bond acceptors (Lipinski definition) is 1. The van der Waals surface area contributed by atoms with Gasteiger partial charge in [-0.3, -0.25) is 0 Å². The minimum atomic E-state index is -0.0798. The van der Waals surface area contributed by atoms with E-state index in [2.05, 4.69) is 211 Å². The fourth-order valence-corrected chi connectivity index (χ4v) is 12.1. The Morgan fingerprint density at radius 2 is 1.20 bits per heavy atom. The quantitative estimate of drug-likeness (QED) is 0.168. The van der Waals surface area contributed by atoms with Gasteiger partial charge in [-0.15, -0.1) is 11.3 Å². The summed E-state index contributed by atoms with van der Waals surface area (Å²) < 4.78 is 7.72. The molecule has 0 fully saturated rings. The lowest BCUT2D eigenvalue weighted by Crippen LogP contribution is -2.14. The molecule has 13 rings (SSSR count). The van der Waals surface area contributed by atoms with Crippen LogP contribution in [0.5, 0.6) is 0 Å². The first-order chi connectivity index (χ1) is 29.5. The largest absolute Gasteiger partial charge is 0.333 e. The van der Waals surface area contributed by atoms with E-state index in [4.69, 9.17) is 0 Å². The zero-order valence-corrected chi connectivity index (χ0v) is 34.3. The highest BCUT2D eigenvalue weighted by atomic mass is 32.1. The van der Waals surface area contributed by atoms with Crippen molar-refractivity contribution < 1.29 is 0 Å². The van der Waals surface area contributed by atoms with Gasteiger partial charge in [-0.1, -0.05) is 153 Å². The molecule has 0 spiro atoms. The van der Waals surface area contributed by atoms with E-state index in [-0.39, 0.29) is 11.5 Å². The minimum absolute atomic E-state index is 0.0798. The summed E-state index contributed by atoms with van der Waals surface area (Å²) in [6, 6.07) is 62.1. The molecule has 0 radical (unpaired) electrons. The summed E-state index contributed by atoms with van der Waals surface area (Å²) in [6.45, 7) is 4.76. The number of allylic oxidation sites excluding steroid dienone is 4. The van der Waals surface area contributed by atoms with Gasteiger partial charge in [0, 0.05) is 63.9 Å². The molecular weight excluding hydrogens is 745 g/mol. The first kappa shape index (κ1) is 34.0. The van der Waals surface area contributed by atoms with E-state index in [0.717, 1.165) is 6.42 Å². The smallest absolute Gasteiger partial charge is 0.0560 e. The van der Waals surface area contributed by atoms with E-state index in [1.807, 2.05) is 11.3 Å². The summed E-state index contributed by atoms with van der Waals surface area (Å²) in [4.78, 5) is 0. The van der Waals surface area contributed by atoms with Crippen molar-refractivity contribution in [1.29, 1.82) is 0 Å². The third-order valence-electron chi connectivity index (χ3n) is 13.6. The molecule has 2 aliphatic carbocycles. The Labute approximate surface area is 352 Å². The van der Waals surface area contributed by atoms with Gasteiger partial charge in [0.1, 0.15) is 0 Å². The van der Waals surface area contributed by atoms with Gasteiger partial charge >= 0.3 is 0 Å². The summed E-state index contributed by atoms with van der Waals surface area (Å²) in [5.41, 5.74) is 16.6. The minimum Gasteiger partial charge on any atom is -0.333 e. The van der Waals surface area contributed by atoms with Crippen LogP contribution in [0.3, 0.4) is 0 Å². The molecular formula is C57H40N2S. The van der Waals surface area contributed by atoms with Crippen molar-refractivity contribution in [2.24, 2.45) is 0 Å². The molecule has 0 amide bonds. The first-order valence-electron chi connectivity index (χ1n) is 21.1. The van der Waals surface area contributed by atoms with Crippen LogP contribution < -0.4 is 0 Å². The average Bonchev–Trinajstić information content (AvgIpc) is 4.01. The van der Waals surface area contributed by atoms with Crippen LogP contribution in [0.25, 0.3) is 103 Å². The van der Waals surface area contributed by atoms with Crippen LogP contribution in [0.4, 0.5) is 0 Å². The van der Waals surface area contributed by atoms with Gasteiger partial charge in [0.25, 0.3) is 0 Å². The van der Waals surface area contributed by atoms with Crippen LogP contribution in [0, 0.1) is 0 Å². The monoisotopic (exact) mass is 784 g/mol. The molecule has 1 unspecified atom stereocenters. The lowest BCUT2D eigenvalue weighted by molar-refractivity contribution is 0.648. The number of nitrogens with zero attached hydrogens (tertiary/aromatic N) is 2. The highest BCUT2D eigenvalue weighted by Gasteiger charge is 2.35. The van der Waals surface area contributed by atoms with Gasteiger partial charge in [0.2, 0.25) is 0 Å². The van der Waals surface area contributed by atoms with Crippen LogP contribution in [-0.2, 0) is 5.41 Å². The zero-order valence-electron chi connectivity index (χ0n) is 33.5. The Bertz CT molecular complexity index is 3680. The molecule has 8 aromatic carbocycles. The summed E-state index contributed by atoms with van der Waals surface area (Å²) in [5.74, 6) is 0. The molecule has 0 saturated carbocycles. The first-order valence-corrected chi connectivity index (χ1v) is 21.9. The number of fused-ring (bicyclic) bond motifs is 12. The SMILES string of the molecule is CC1(C)c2ccccc2-c2ccc(-c3cc(-n4c5ccccc5c5c(-c6ccc7c8ccccc8n(C8C=CC=CC8)c7c6)cccc54)cc4c3sc3ccccc34)cc21. The summed E-state index contributed by atoms with van der Waals surface area (Å²) in [5, 5.41) is 7.76. The van der Waals surface area contributed by atoms with Crippen molar-refractivity contribution in [1.82, 2.24) is 9.13 Å². The topological polar surface area (TPSA) is 9.86 Å². The third-order valence-corrected chi connectivity index (χ3v) is 14.8. The molecule has 2 aliphatic rings. The Kier molecular flexibility index (Phi) is 7.10. The van der Waals surface area contributed by atoms with Crippen LogP contribution in [-0.4, -0.2) is 9.13 Å². The van der Waals surface area contributed by atoms with Crippen LogP contribution in [0.2, 0.25) is 0 Å². The van der Waals surface area contributed by atoms with Crippen molar-refractivity contribution in [3.8, 4) is 39.1 Å². The number of rotatable bonds is 4. The Balaban J connectivity index is 1.06. The van der Waals surface area contributed by atoms with Crippen LogP contribution >= 0.6 is 11.3 Å². The summed E-state index contributed by atoms with van der Waals surface area (Å²) in [7, 11) is 0. The molecule has 60 heavy (non-hydrogen) atoms. The van der Waals surface area contributed by atoms with E-state index in [1.165, 1.54) is 114 Å². The number of hydrogen-bond donors (Lipinski definition) is 0. The number of aromatic nitrogens is 2. The lowest BCUT2D eigenvalue weighted by Gasteiger charge is -2.22. The maximum Gasteiger partial charge on any atom is 0.0560 e. The highest BCUT2D eigenvalue weighted by Crippen LogP contribution is 2.51. The fourth-order valence-electron chi connectivity index (χ4n) is 10.8. The van der Waals surface area contributed by atoms with E-state index in [9.17, 15) is 0 Å². The van der Waals surface area contributed by atoms with Crippen molar-refractivity contribution in [2.75, 3.05) is 0 Å². The highest BCUT2D eigenvalue weighted by molar-refractivity contribution is 7.26. The summed E-state index contributed by atoms with van der Waals surface area (Å²) >= 11 is 1.91. The van der Waals surface area contributed by atoms with Gasteiger partial charge in [-0.05, 0) is 93.9 Å². The van der Waals surface area contributed by atoms with Gasteiger partial charge in [0.15, 0.2) is 0 Å². The zero-order chi connectivity index (χ0) is 39.7. The maximum atomic E-state index is 2.55. The Hall–Kier alpha value is -6.94. The molecule has 0 bridgehead atoms. The molecule has 0 aliphatic heterocycles. The third kappa shape index (κ3) is 4.70. The number of para-hydroxylation sites is 2. The van der Waals surface area contributed by atoms with E-state index in [1.54, 1.807) is 0 Å². The second-order valence-corrected chi connectivity index (χ2v) is 18.2. The Morgan fingerprint density at radius 3 is 2.08 bits per heavy atom. The van der Waals surface area contributed by atoms with Crippen molar-refractivity contribution in [2.45, 2.75) is 31.7 Å². The van der Waals surface area contributed by atoms with E-state index < -0.39 is 0 Å². The lowest BCUT2D eigenvalue weighted by atomic mass is 9.81. The molecule has 1 atom stereocenters. The fraction of sp³-hybridized carbons (Fsp3) is 0.0877.